The summed E-state index contributed by atoms with van der Waals surface area (Å²) in [6, 6.07) is 2.01. The molecule has 0 aliphatic rings. The zero-order chi connectivity index (χ0) is 15.4. The first kappa shape index (κ1) is 15.4. The van der Waals surface area contributed by atoms with Crippen molar-refractivity contribution in [3.05, 3.63) is 23.5 Å². The van der Waals surface area contributed by atoms with Gasteiger partial charge in [0.25, 0.3) is 5.91 Å². The largest absolute Gasteiger partial charge is 0.385 e. The van der Waals surface area contributed by atoms with Crippen LogP contribution in [0.25, 0.3) is 11.0 Å². The summed E-state index contributed by atoms with van der Waals surface area (Å²) in [5.74, 6) is -0.0927. The van der Waals surface area contributed by atoms with Gasteiger partial charge in [0.2, 0.25) is 0 Å². The van der Waals surface area contributed by atoms with Crippen molar-refractivity contribution in [2.45, 2.75) is 33.2 Å². The van der Waals surface area contributed by atoms with Gasteiger partial charge in [0.05, 0.1) is 17.1 Å². The molecule has 0 saturated carbocycles. The second kappa shape index (κ2) is 6.67. The molecule has 21 heavy (non-hydrogen) atoms. The van der Waals surface area contributed by atoms with Gasteiger partial charge in [-0.05, 0) is 33.3 Å². The number of aryl methyl sites for hydroxylation is 1. The number of ether oxygens (including phenoxy) is 1. The van der Waals surface area contributed by atoms with Gasteiger partial charge in [0.1, 0.15) is 0 Å². The number of rotatable bonds is 6. The van der Waals surface area contributed by atoms with Crippen LogP contribution in [0.5, 0.6) is 0 Å². The molecule has 6 nitrogen and oxygen atoms in total. The van der Waals surface area contributed by atoms with Gasteiger partial charge in [-0.2, -0.15) is 5.10 Å². The average molecular weight is 290 g/mol. The molecule has 1 N–H and O–H groups in total. The van der Waals surface area contributed by atoms with E-state index < -0.39 is 0 Å². The standard InChI is InChI=1S/C15H22N4O2/c1-10(2)19-14-13(9-17-19)12(8-11(3)18-14)15(20)16-6-5-7-21-4/h8-10H,5-7H2,1-4H3,(H,16,20). The topological polar surface area (TPSA) is 69.0 Å². The second-order valence-corrected chi connectivity index (χ2v) is 5.33. The first-order valence-electron chi connectivity index (χ1n) is 7.16. The van der Waals surface area contributed by atoms with E-state index in [0.29, 0.717) is 18.7 Å². The number of hydrogen-bond acceptors (Lipinski definition) is 4. The average Bonchev–Trinajstić information content (AvgIpc) is 2.86. The van der Waals surface area contributed by atoms with Crippen LogP contribution in [0.3, 0.4) is 0 Å². The molecule has 114 valence electrons. The number of aromatic nitrogens is 3. The Morgan fingerprint density at radius 1 is 1.48 bits per heavy atom. The van der Waals surface area contributed by atoms with Gasteiger partial charge in [-0.3, -0.25) is 4.79 Å². The summed E-state index contributed by atoms with van der Waals surface area (Å²) >= 11 is 0. The summed E-state index contributed by atoms with van der Waals surface area (Å²) in [6.45, 7) is 7.20. The minimum Gasteiger partial charge on any atom is -0.385 e. The number of nitrogens with zero attached hydrogens (tertiary/aromatic N) is 3. The maximum atomic E-state index is 12.3. The molecule has 0 unspecified atom stereocenters. The first-order chi connectivity index (χ1) is 10.0. The maximum absolute atomic E-state index is 12.3. The van der Waals surface area contributed by atoms with Crippen LogP contribution < -0.4 is 5.32 Å². The molecule has 0 saturated heterocycles. The molecule has 0 atom stereocenters. The Bertz CT molecular complexity index is 634. The summed E-state index contributed by atoms with van der Waals surface area (Å²) in [5, 5.41) is 8.04. The van der Waals surface area contributed by atoms with Crippen molar-refractivity contribution < 1.29 is 9.53 Å². The minimum atomic E-state index is -0.0927. The predicted octanol–water partition coefficient (Wildman–Crippen LogP) is 2.09. The van der Waals surface area contributed by atoms with E-state index in [2.05, 4.69) is 15.4 Å². The Kier molecular flexibility index (Phi) is 4.90. The van der Waals surface area contributed by atoms with Gasteiger partial charge >= 0.3 is 0 Å². The molecule has 0 bridgehead atoms. The lowest BCUT2D eigenvalue weighted by Gasteiger charge is -2.09. The van der Waals surface area contributed by atoms with E-state index in [1.54, 1.807) is 19.4 Å². The SMILES string of the molecule is COCCCNC(=O)c1cc(C)nc2c1cnn2C(C)C. The molecule has 2 rings (SSSR count). The van der Waals surface area contributed by atoms with E-state index in [1.165, 1.54) is 0 Å². The summed E-state index contributed by atoms with van der Waals surface area (Å²) in [7, 11) is 1.65. The third kappa shape index (κ3) is 3.39. The molecule has 0 aliphatic carbocycles. The number of pyridine rings is 1. The Morgan fingerprint density at radius 2 is 2.24 bits per heavy atom. The highest BCUT2D eigenvalue weighted by Crippen LogP contribution is 2.20. The molecule has 2 aromatic rings. The van der Waals surface area contributed by atoms with Crippen molar-refractivity contribution in [3.63, 3.8) is 0 Å². The number of fused-ring (bicyclic) bond motifs is 1. The molecule has 2 aromatic heterocycles. The molecule has 0 fully saturated rings. The molecule has 0 spiro atoms. The van der Waals surface area contributed by atoms with E-state index in [-0.39, 0.29) is 11.9 Å². The molecular weight excluding hydrogens is 268 g/mol. The van der Waals surface area contributed by atoms with Gasteiger partial charge in [-0.15, -0.1) is 0 Å². The molecule has 0 aromatic carbocycles. The third-order valence-corrected chi connectivity index (χ3v) is 3.24. The van der Waals surface area contributed by atoms with E-state index in [1.807, 2.05) is 25.5 Å². The van der Waals surface area contributed by atoms with E-state index in [9.17, 15) is 4.79 Å². The van der Waals surface area contributed by atoms with Gasteiger partial charge in [0, 0.05) is 32.0 Å². The van der Waals surface area contributed by atoms with Gasteiger partial charge in [-0.1, -0.05) is 0 Å². The summed E-state index contributed by atoms with van der Waals surface area (Å²) in [6.07, 6.45) is 2.51. The molecule has 2 heterocycles. The van der Waals surface area contributed by atoms with Crippen molar-refractivity contribution in [2.24, 2.45) is 0 Å². The lowest BCUT2D eigenvalue weighted by atomic mass is 10.1. The number of nitrogens with one attached hydrogen (secondary N) is 1. The van der Waals surface area contributed by atoms with Crippen molar-refractivity contribution in [3.8, 4) is 0 Å². The van der Waals surface area contributed by atoms with Gasteiger partial charge < -0.3 is 10.1 Å². The fraction of sp³-hybridized carbons (Fsp3) is 0.533. The van der Waals surface area contributed by atoms with Crippen molar-refractivity contribution in [1.82, 2.24) is 20.1 Å². The Morgan fingerprint density at radius 3 is 2.90 bits per heavy atom. The quantitative estimate of drug-likeness (QED) is 0.827. The van der Waals surface area contributed by atoms with Crippen LogP contribution in [0.4, 0.5) is 0 Å². The Hall–Kier alpha value is -1.95. The van der Waals surface area contributed by atoms with Crippen molar-refractivity contribution in [2.75, 3.05) is 20.3 Å². The number of hydrogen-bond donors (Lipinski definition) is 1. The molecule has 6 heteroatoms. The Balaban J connectivity index is 2.29. The fourth-order valence-electron chi connectivity index (χ4n) is 2.22. The minimum absolute atomic E-state index is 0.0927. The number of carbonyl (C=O) groups excluding carboxylic acids is 1. The summed E-state index contributed by atoms with van der Waals surface area (Å²) in [4.78, 5) is 16.8. The molecule has 0 aliphatic heterocycles. The zero-order valence-electron chi connectivity index (χ0n) is 13.0. The number of methoxy groups -OCH3 is 1. The maximum Gasteiger partial charge on any atom is 0.252 e. The molecule has 1 amide bonds. The Labute approximate surface area is 124 Å². The van der Waals surface area contributed by atoms with Crippen molar-refractivity contribution >= 4 is 16.9 Å². The van der Waals surface area contributed by atoms with E-state index >= 15 is 0 Å². The smallest absolute Gasteiger partial charge is 0.252 e. The van der Waals surface area contributed by atoms with Crippen LogP contribution >= 0.6 is 0 Å². The highest BCUT2D eigenvalue weighted by atomic mass is 16.5. The van der Waals surface area contributed by atoms with Crippen LogP contribution in [0, 0.1) is 6.92 Å². The number of amides is 1. The molecule has 0 radical (unpaired) electrons. The molecular formula is C15H22N4O2. The first-order valence-corrected chi connectivity index (χ1v) is 7.16. The number of carbonyl (C=O) groups is 1. The normalized spacial score (nSPS) is 11.3. The van der Waals surface area contributed by atoms with Crippen LogP contribution in [-0.2, 0) is 4.74 Å². The van der Waals surface area contributed by atoms with E-state index in [0.717, 1.165) is 23.1 Å². The van der Waals surface area contributed by atoms with Crippen LogP contribution in [0.2, 0.25) is 0 Å². The van der Waals surface area contributed by atoms with Gasteiger partial charge in [0.15, 0.2) is 5.65 Å². The van der Waals surface area contributed by atoms with Crippen LogP contribution in [0.15, 0.2) is 12.3 Å². The van der Waals surface area contributed by atoms with Crippen LogP contribution in [-0.4, -0.2) is 40.9 Å². The van der Waals surface area contributed by atoms with Crippen LogP contribution in [0.1, 0.15) is 42.4 Å². The highest BCUT2D eigenvalue weighted by molar-refractivity contribution is 6.05. The van der Waals surface area contributed by atoms with Gasteiger partial charge in [-0.25, -0.2) is 9.67 Å². The summed E-state index contributed by atoms with van der Waals surface area (Å²) < 4.78 is 6.81. The highest BCUT2D eigenvalue weighted by Gasteiger charge is 2.16. The summed E-state index contributed by atoms with van der Waals surface area (Å²) in [5.41, 5.74) is 2.20. The van der Waals surface area contributed by atoms with E-state index in [4.69, 9.17) is 4.74 Å². The second-order valence-electron chi connectivity index (χ2n) is 5.33. The zero-order valence-corrected chi connectivity index (χ0v) is 13.0. The fourth-order valence-corrected chi connectivity index (χ4v) is 2.22. The monoisotopic (exact) mass is 290 g/mol. The predicted molar refractivity (Wildman–Crippen MR) is 81.5 cm³/mol. The third-order valence-electron chi connectivity index (χ3n) is 3.24. The lowest BCUT2D eigenvalue weighted by molar-refractivity contribution is 0.0950. The lowest BCUT2D eigenvalue weighted by Crippen LogP contribution is -2.25. The van der Waals surface area contributed by atoms with Crippen molar-refractivity contribution in [1.29, 1.82) is 0 Å².